The van der Waals surface area contributed by atoms with Gasteiger partial charge in [0.15, 0.2) is 0 Å². The Morgan fingerprint density at radius 1 is 0.377 bits per heavy atom. The molecule has 5 aromatic heterocycles. The highest BCUT2D eigenvalue weighted by atomic mass is 15.2. The molecule has 244 valence electrons. The van der Waals surface area contributed by atoms with Gasteiger partial charge < -0.3 is 9.30 Å². The molecule has 0 atom stereocenters. The molecule has 0 fully saturated rings. The molecular weight excluding hydrogens is 645 g/mol. The molecule has 0 bridgehead atoms. The topological polar surface area (TPSA) is 25.0 Å². The predicted molar refractivity (Wildman–Crippen MR) is 223 cm³/mol. The van der Waals surface area contributed by atoms with Crippen molar-refractivity contribution >= 4 is 115 Å². The van der Waals surface area contributed by atoms with E-state index in [1.165, 1.54) is 81.3 Å². The second-order valence-corrected chi connectivity index (χ2v) is 14.3. The minimum absolute atomic E-state index is 1.01. The summed E-state index contributed by atoms with van der Waals surface area (Å²) in [6.45, 7) is 0. The molecule has 0 aliphatic rings. The Kier molecular flexibility index (Phi) is 5.08. The number of rotatable bonds is 3. The van der Waals surface area contributed by atoms with E-state index in [9.17, 15) is 0 Å². The van der Waals surface area contributed by atoms with Crippen LogP contribution < -0.4 is 4.90 Å². The zero-order chi connectivity index (χ0) is 34.4. The number of anilines is 3. The summed E-state index contributed by atoms with van der Waals surface area (Å²) in [5, 5.41) is 13.6. The summed E-state index contributed by atoms with van der Waals surface area (Å²) in [6.07, 6.45) is 0. The Balaban J connectivity index is 1.27. The van der Waals surface area contributed by atoms with Crippen molar-refractivity contribution in [3.05, 3.63) is 170 Å². The average molecular weight is 673 g/mol. The summed E-state index contributed by atoms with van der Waals surface area (Å²) < 4.78 is 4.97. The van der Waals surface area contributed by atoms with Crippen molar-refractivity contribution in [2.75, 3.05) is 4.90 Å². The van der Waals surface area contributed by atoms with Gasteiger partial charge >= 0.3 is 0 Å². The molecular formula is C49H28N4. The smallest absolute Gasteiger partial charge is 0.146 e. The standard InChI is InChI=1S/C49H28N4/c1-3-15-31(16-4-1)51(32-17-5-2-6-18-32)41-24-12-23-36-39-27-30-14-8-9-19-33(30)43-44-42(52(47(36)41)48(39)43)28-40-37-22-11-21-35-38-26-25-29-13-7-10-20-34(29)45(38)53(46(35)37)49(40)50-44/h1-28H. The normalized spacial score (nSPS) is 12.5. The van der Waals surface area contributed by atoms with E-state index in [1.807, 2.05) is 0 Å². The van der Waals surface area contributed by atoms with Crippen LogP contribution in [0.4, 0.5) is 17.1 Å². The van der Waals surface area contributed by atoms with Crippen LogP contribution in [0.3, 0.4) is 0 Å². The largest absolute Gasteiger partial charge is 0.308 e. The van der Waals surface area contributed by atoms with E-state index >= 15 is 0 Å². The first-order valence-electron chi connectivity index (χ1n) is 18.2. The Labute approximate surface area is 302 Å². The van der Waals surface area contributed by atoms with Gasteiger partial charge in [-0.1, -0.05) is 127 Å². The van der Waals surface area contributed by atoms with Gasteiger partial charge in [-0.05, 0) is 58.6 Å². The lowest BCUT2D eigenvalue weighted by Crippen LogP contribution is -2.10. The van der Waals surface area contributed by atoms with Crippen molar-refractivity contribution in [2.45, 2.75) is 0 Å². The first-order valence-corrected chi connectivity index (χ1v) is 18.2. The van der Waals surface area contributed by atoms with E-state index < -0.39 is 0 Å². The molecule has 8 aromatic carbocycles. The number of benzene rings is 8. The highest BCUT2D eigenvalue weighted by Gasteiger charge is 2.27. The van der Waals surface area contributed by atoms with Crippen molar-refractivity contribution in [1.29, 1.82) is 0 Å². The molecule has 0 saturated carbocycles. The Morgan fingerprint density at radius 2 is 0.962 bits per heavy atom. The van der Waals surface area contributed by atoms with Crippen molar-refractivity contribution in [3.8, 4) is 0 Å². The lowest BCUT2D eigenvalue weighted by molar-refractivity contribution is 1.27. The van der Waals surface area contributed by atoms with Gasteiger partial charge in [0, 0.05) is 54.5 Å². The maximum absolute atomic E-state index is 5.79. The number of aromatic nitrogens is 3. The maximum Gasteiger partial charge on any atom is 0.146 e. The number of fused-ring (bicyclic) bond motifs is 16. The molecule has 5 heterocycles. The molecule has 0 spiro atoms. The second kappa shape index (κ2) is 9.78. The lowest BCUT2D eigenvalue weighted by atomic mass is 10.0. The van der Waals surface area contributed by atoms with E-state index in [0.717, 1.165) is 33.7 Å². The SMILES string of the molecule is c1ccc(N(c2ccccc2)c2cccc3c4cc5ccccc5c5c6nc7c(cc6n(c23)c45)c2cccc3c4ccc5ccccc5c4n7c23)cc1. The zero-order valence-corrected chi connectivity index (χ0v) is 28.5. The van der Waals surface area contributed by atoms with Gasteiger partial charge in [0.1, 0.15) is 5.65 Å². The van der Waals surface area contributed by atoms with Gasteiger partial charge in [0.25, 0.3) is 0 Å². The molecule has 0 unspecified atom stereocenters. The summed E-state index contributed by atoms with van der Waals surface area (Å²) in [5.74, 6) is 0. The van der Waals surface area contributed by atoms with E-state index in [0.29, 0.717) is 0 Å². The van der Waals surface area contributed by atoms with Crippen molar-refractivity contribution in [2.24, 2.45) is 0 Å². The van der Waals surface area contributed by atoms with Crippen molar-refractivity contribution in [1.82, 2.24) is 13.8 Å². The first kappa shape index (κ1) is 27.5. The third-order valence-corrected chi connectivity index (χ3v) is 11.7. The lowest BCUT2D eigenvalue weighted by Gasteiger charge is -2.26. The average Bonchev–Trinajstić information content (AvgIpc) is 3.94. The predicted octanol–water partition coefficient (Wildman–Crippen LogP) is 13.2. The molecule has 4 heteroatoms. The maximum atomic E-state index is 5.79. The van der Waals surface area contributed by atoms with E-state index in [1.54, 1.807) is 0 Å². The summed E-state index contributed by atoms with van der Waals surface area (Å²) in [4.78, 5) is 8.19. The molecule has 0 radical (unpaired) electrons. The Bertz CT molecular complexity index is 3580. The second-order valence-electron chi connectivity index (χ2n) is 14.3. The van der Waals surface area contributed by atoms with Gasteiger partial charge in [0.2, 0.25) is 0 Å². The minimum Gasteiger partial charge on any atom is -0.308 e. The number of hydrogen-bond acceptors (Lipinski definition) is 2. The highest BCUT2D eigenvalue weighted by Crippen LogP contribution is 2.49. The molecule has 4 nitrogen and oxygen atoms in total. The monoisotopic (exact) mass is 672 g/mol. The van der Waals surface area contributed by atoms with Crippen LogP contribution in [0, 0.1) is 0 Å². The van der Waals surface area contributed by atoms with Gasteiger partial charge in [0.05, 0.1) is 38.8 Å². The quantitative estimate of drug-likeness (QED) is 0.187. The number of nitrogens with zero attached hydrogens (tertiary/aromatic N) is 4. The molecule has 0 aliphatic carbocycles. The Hall–Kier alpha value is -7.17. The molecule has 0 aliphatic heterocycles. The number of para-hydroxylation sites is 4. The van der Waals surface area contributed by atoms with Crippen LogP contribution in [0.5, 0.6) is 0 Å². The van der Waals surface area contributed by atoms with Gasteiger partial charge in [-0.25, -0.2) is 4.98 Å². The van der Waals surface area contributed by atoms with E-state index in [-0.39, 0.29) is 0 Å². The van der Waals surface area contributed by atoms with Crippen LogP contribution in [0.15, 0.2) is 170 Å². The molecule has 13 aromatic rings. The summed E-state index contributed by atoms with van der Waals surface area (Å²) in [7, 11) is 0. The number of pyridine rings is 1. The van der Waals surface area contributed by atoms with E-state index in [2.05, 4.69) is 184 Å². The van der Waals surface area contributed by atoms with Crippen LogP contribution >= 0.6 is 0 Å². The fourth-order valence-electron chi connectivity index (χ4n) is 9.58. The Morgan fingerprint density at radius 3 is 1.74 bits per heavy atom. The van der Waals surface area contributed by atoms with Crippen LogP contribution in [0.2, 0.25) is 0 Å². The van der Waals surface area contributed by atoms with Crippen LogP contribution in [0.25, 0.3) is 98.0 Å². The third-order valence-electron chi connectivity index (χ3n) is 11.7. The summed E-state index contributed by atoms with van der Waals surface area (Å²) >= 11 is 0. The fraction of sp³-hybridized carbons (Fsp3) is 0. The molecule has 0 amide bonds. The van der Waals surface area contributed by atoms with Gasteiger partial charge in [-0.2, -0.15) is 0 Å². The number of hydrogen-bond donors (Lipinski definition) is 0. The third kappa shape index (κ3) is 3.39. The molecule has 0 saturated heterocycles. The van der Waals surface area contributed by atoms with Crippen molar-refractivity contribution in [3.63, 3.8) is 0 Å². The zero-order valence-electron chi connectivity index (χ0n) is 28.5. The minimum atomic E-state index is 1.01. The summed E-state index contributed by atoms with van der Waals surface area (Å²) in [6, 6.07) is 61.9. The van der Waals surface area contributed by atoms with Crippen molar-refractivity contribution < 1.29 is 0 Å². The van der Waals surface area contributed by atoms with Gasteiger partial charge in [-0.15, -0.1) is 0 Å². The van der Waals surface area contributed by atoms with Crippen LogP contribution in [-0.4, -0.2) is 13.8 Å². The van der Waals surface area contributed by atoms with Crippen LogP contribution in [0.1, 0.15) is 0 Å². The summed E-state index contributed by atoms with van der Waals surface area (Å²) in [5.41, 5.74) is 11.4. The fourth-order valence-corrected chi connectivity index (χ4v) is 9.58. The van der Waals surface area contributed by atoms with Crippen LogP contribution in [-0.2, 0) is 0 Å². The molecule has 13 rings (SSSR count). The highest BCUT2D eigenvalue weighted by molar-refractivity contribution is 6.34. The van der Waals surface area contributed by atoms with Gasteiger partial charge in [-0.3, -0.25) is 4.40 Å². The molecule has 53 heavy (non-hydrogen) atoms. The molecule has 0 N–H and O–H groups in total. The van der Waals surface area contributed by atoms with E-state index in [4.69, 9.17) is 4.98 Å². The first-order chi connectivity index (χ1) is 26.3.